The number of carboxylic acids is 2. The second-order valence-electron chi connectivity index (χ2n) is 4.74. The van der Waals surface area contributed by atoms with E-state index in [0.29, 0.717) is 12.3 Å². The smallest absolute Gasteiger partial charge is 0.307 e. The molecular formula is C14H20N2O4. The third kappa shape index (κ3) is 7.48. The van der Waals surface area contributed by atoms with E-state index in [9.17, 15) is 9.59 Å². The van der Waals surface area contributed by atoms with E-state index in [1.807, 2.05) is 0 Å². The zero-order valence-electron chi connectivity index (χ0n) is 11.3. The van der Waals surface area contributed by atoms with E-state index in [4.69, 9.17) is 10.2 Å². The number of aliphatic carboxylic acids is 2. The van der Waals surface area contributed by atoms with Crippen LogP contribution in [0.2, 0.25) is 0 Å². The molecule has 0 spiro atoms. The van der Waals surface area contributed by atoms with Crippen molar-refractivity contribution in [2.24, 2.45) is 5.92 Å². The van der Waals surface area contributed by atoms with Crippen LogP contribution in [0.15, 0.2) is 24.5 Å². The normalized spacial score (nSPS) is 17.7. The molecule has 110 valence electrons. The van der Waals surface area contributed by atoms with Gasteiger partial charge in [0.25, 0.3) is 0 Å². The van der Waals surface area contributed by atoms with Crippen LogP contribution < -0.4 is 5.32 Å². The van der Waals surface area contributed by atoms with Gasteiger partial charge >= 0.3 is 11.9 Å². The number of hydrogen-bond acceptors (Lipinski definition) is 4. The van der Waals surface area contributed by atoms with Crippen LogP contribution in [0, 0.1) is 5.92 Å². The molecule has 0 bridgehead atoms. The fourth-order valence-electron chi connectivity index (χ4n) is 2.02. The molecule has 0 saturated carbocycles. The van der Waals surface area contributed by atoms with E-state index in [0.717, 1.165) is 31.5 Å². The van der Waals surface area contributed by atoms with Crippen LogP contribution >= 0.6 is 0 Å². The van der Waals surface area contributed by atoms with E-state index < -0.39 is 11.9 Å². The Morgan fingerprint density at radius 1 is 1.35 bits per heavy atom. The molecule has 0 radical (unpaired) electrons. The molecule has 0 aromatic carbocycles. The van der Waals surface area contributed by atoms with Gasteiger partial charge in [-0.3, -0.25) is 14.6 Å². The first kappa shape index (κ1) is 16.1. The summed E-state index contributed by atoms with van der Waals surface area (Å²) in [7, 11) is 0. The van der Waals surface area contributed by atoms with Crippen molar-refractivity contribution in [3.05, 3.63) is 30.1 Å². The largest absolute Gasteiger partial charge is 0.481 e. The maximum absolute atomic E-state index is 10.2. The van der Waals surface area contributed by atoms with Crippen molar-refractivity contribution in [3.63, 3.8) is 0 Å². The third-order valence-corrected chi connectivity index (χ3v) is 2.94. The molecule has 2 heterocycles. The molecule has 20 heavy (non-hydrogen) atoms. The highest BCUT2D eigenvalue weighted by atomic mass is 16.4. The van der Waals surface area contributed by atoms with Gasteiger partial charge in [-0.25, -0.2) is 0 Å². The highest BCUT2D eigenvalue weighted by Gasteiger charge is 2.15. The zero-order valence-corrected chi connectivity index (χ0v) is 11.3. The first-order valence-electron chi connectivity index (χ1n) is 6.61. The summed E-state index contributed by atoms with van der Waals surface area (Å²) in [5, 5.41) is 20.0. The Bertz CT molecular complexity index is 416. The molecule has 1 aromatic heterocycles. The Balaban J connectivity index is 0.000000200. The Morgan fingerprint density at radius 3 is 2.65 bits per heavy atom. The van der Waals surface area contributed by atoms with E-state index in [-0.39, 0.29) is 6.42 Å². The van der Waals surface area contributed by atoms with Crippen molar-refractivity contribution in [1.29, 1.82) is 0 Å². The van der Waals surface area contributed by atoms with Gasteiger partial charge in [0.1, 0.15) is 0 Å². The fraction of sp³-hybridized carbons (Fsp3) is 0.500. The van der Waals surface area contributed by atoms with Crippen LogP contribution in [0.25, 0.3) is 0 Å². The van der Waals surface area contributed by atoms with Gasteiger partial charge in [0, 0.05) is 18.8 Å². The van der Waals surface area contributed by atoms with E-state index in [1.165, 1.54) is 0 Å². The number of hydrogen-bond donors (Lipinski definition) is 3. The van der Waals surface area contributed by atoms with Gasteiger partial charge in [-0.1, -0.05) is 6.07 Å². The lowest BCUT2D eigenvalue weighted by Gasteiger charge is -2.20. The summed E-state index contributed by atoms with van der Waals surface area (Å²) in [6, 6.07) is 3.46. The first-order valence-corrected chi connectivity index (χ1v) is 6.61. The number of carbonyl (C=O) groups is 2. The number of rotatable bonds is 4. The molecule has 1 aliphatic heterocycles. The summed E-state index contributed by atoms with van der Waals surface area (Å²) >= 11 is 0. The van der Waals surface area contributed by atoms with Crippen LogP contribution in [0.4, 0.5) is 0 Å². The van der Waals surface area contributed by atoms with Crippen LogP contribution in [0.1, 0.15) is 24.8 Å². The summed E-state index contributed by atoms with van der Waals surface area (Å²) in [6.45, 7) is 1.93. The monoisotopic (exact) mass is 280 g/mol. The number of pyridine rings is 1. The van der Waals surface area contributed by atoms with Crippen LogP contribution in [-0.4, -0.2) is 40.2 Å². The van der Waals surface area contributed by atoms with E-state index >= 15 is 0 Å². The lowest BCUT2D eigenvalue weighted by atomic mass is 9.96. The van der Waals surface area contributed by atoms with E-state index in [2.05, 4.69) is 10.3 Å². The minimum absolute atomic E-state index is 0.0494. The van der Waals surface area contributed by atoms with Crippen LogP contribution in [0.3, 0.4) is 0 Å². The van der Waals surface area contributed by atoms with Gasteiger partial charge in [-0.15, -0.1) is 0 Å². The van der Waals surface area contributed by atoms with Crippen molar-refractivity contribution >= 4 is 11.9 Å². The number of aromatic nitrogens is 1. The summed E-state index contributed by atoms with van der Waals surface area (Å²) in [6.07, 6.45) is 5.73. The lowest BCUT2D eigenvalue weighted by molar-refractivity contribution is -0.138. The summed E-state index contributed by atoms with van der Waals surface area (Å²) in [4.78, 5) is 24.2. The number of carboxylic acid groups (broad SMARTS) is 2. The molecule has 6 nitrogen and oxygen atoms in total. The van der Waals surface area contributed by atoms with Crippen LogP contribution in [0.5, 0.6) is 0 Å². The van der Waals surface area contributed by atoms with Gasteiger partial charge in [0.15, 0.2) is 0 Å². The van der Waals surface area contributed by atoms with Crippen molar-refractivity contribution in [2.45, 2.75) is 25.7 Å². The molecule has 1 saturated heterocycles. The second-order valence-corrected chi connectivity index (χ2v) is 4.74. The van der Waals surface area contributed by atoms with Crippen molar-refractivity contribution in [3.8, 4) is 0 Å². The van der Waals surface area contributed by atoms with Crippen molar-refractivity contribution in [1.82, 2.24) is 10.3 Å². The summed E-state index contributed by atoms with van der Waals surface area (Å²) in [5.74, 6) is -1.13. The van der Waals surface area contributed by atoms with Gasteiger partial charge in [0.05, 0.1) is 6.42 Å². The predicted octanol–water partition coefficient (Wildman–Crippen LogP) is 1.17. The molecule has 1 unspecified atom stereocenters. The molecule has 1 fully saturated rings. The Morgan fingerprint density at radius 2 is 2.15 bits per heavy atom. The van der Waals surface area contributed by atoms with Crippen LogP contribution in [-0.2, 0) is 16.0 Å². The second kappa shape index (κ2) is 9.03. The molecule has 3 N–H and O–H groups in total. The minimum Gasteiger partial charge on any atom is -0.481 e. The summed E-state index contributed by atoms with van der Waals surface area (Å²) < 4.78 is 0. The lowest BCUT2D eigenvalue weighted by Crippen LogP contribution is -2.30. The molecule has 0 amide bonds. The summed E-state index contributed by atoms with van der Waals surface area (Å²) in [5.41, 5.74) is 0.731. The standard InChI is InChI=1S/C7H13NO2.C7H7NO2/c2*9-7(10)4-6-2-1-3-8-5-6/h6,8H,1-5H2,(H,9,10);1-3,5H,4H2,(H,9,10). The highest BCUT2D eigenvalue weighted by Crippen LogP contribution is 2.13. The maximum Gasteiger partial charge on any atom is 0.307 e. The molecule has 6 heteroatoms. The molecule has 0 aliphatic carbocycles. The Kier molecular flexibility index (Phi) is 7.27. The Hall–Kier alpha value is -1.95. The minimum atomic E-state index is -0.826. The first-order chi connectivity index (χ1) is 9.58. The Labute approximate surface area is 117 Å². The van der Waals surface area contributed by atoms with Gasteiger partial charge in [0.2, 0.25) is 0 Å². The molecule has 1 atom stereocenters. The third-order valence-electron chi connectivity index (χ3n) is 2.94. The SMILES string of the molecule is O=C(O)CC1CCCNC1.O=C(O)Cc1cccnc1. The van der Waals surface area contributed by atoms with Crippen molar-refractivity contribution < 1.29 is 19.8 Å². The molecule has 2 rings (SSSR count). The van der Waals surface area contributed by atoms with Gasteiger partial charge in [-0.2, -0.15) is 0 Å². The topological polar surface area (TPSA) is 99.5 Å². The van der Waals surface area contributed by atoms with Gasteiger partial charge in [-0.05, 0) is 43.5 Å². The quantitative estimate of drug-likeness (QED) is 0.765. The maximum atomic E-state index is 10.2. The predicted molar refractivity (Wildman–Crippen MR) is 73.4 cm³/mol. The number of piperidine rings is 1. The average molecular weight is 280 g/mol. The molecular weight excluding hydrogens is 260 g/mol. The average Bonchev–Trinajstić information content (AvgIpc) is 2.40. The zero-order chi connectivity index (χ0) is 14.8. The van der Waals surface area contributed by atoms with E-state index in [1.54, 1.807) is 24.5 Å². The molecule has 1 aliphatic rings. The van der Waals surface area contributed by atoms with Gasteiger partial charge < -0.3 is 15.5 Å². The molecule has 1 aromatic rings. The highest BCUT2D eigenvalue weighted by molar-refractivity contribution is 5.69. The fourth-order valence-corrected chi connectivity index (χ4v) is 2.02. The number of nitrogens with zero attached hydrogens (tertiary/aromatic N) is 1. The number of nitrogens with one attached hydrogen (secondary N) is 1. The van der Waals surface area contributed by atoms with Crippen molar-refractivity contribution in [2.75, 3.05) is 13.1 Å².